The molecule has 1 aromatic carbocycles. The normalized spacial score (nSPS) is 25.8. The summed E-state index contributed by atoms with van der Waals surface area (Å²) in [6.07, 6.45) is -4.45. The van der Waals surface area contributed by atoms with Crippen molar-refractivity contribution in [1.82, 2.24) is 0 Å². The van der Waals surface area contributed by atoms with Gasteiger partial charge in [0.25, 0.3) is 0 Å². The molecule has 10 nitrogen and oxygen atoms in total. The number of aryl methyl sites for hydroxylation is 1. The number of rotatable bonds is 9. The average Bonchev–Trinajstić information content (AvgIpc) is 3.18. The second kappa shape index (κ2) is 11.0. The number of ether oxygens (including phenoxy) is 3. The summed E-state index contributed by atoms with van der Waals surface area (Å²) in [5, 5.41) is 37.8. The van der Waals surface area contributed by atoms with Crippen molar-refractivity contribution in [2.75, 3.05) is 19.8 Å². The maximum absolute atomic E-state index is 13.5. The summed E-state index contributed by atoms with van der Waals surface area (Å²) < 4.78 is 57.0. The van der Waals surface area contributed by atoms with E-state index in [-0.39, 0.29) is 25.0 Å². The molecule has 1 saturated heterocycles. The summed E-state index contributed by atoms with van der Waals surface area (Å²) >= 11 is 0. The van der Waals surface area contributed by atoms with Gasteiger partial charge in [-0.1, -0.05) is 6.07 Å². The maximum Gasteiger partial charge on any atom is 0.335 e. The number of benzene rings is 1. The Hall–Kier alpha value is -1.93. The van der Waals surface area contributed by atoms with Gasteiger partial charge >= 0.3 is 5.97 Å². The molecule has 1 aliphatic carbocycles. The number of hydrogen-bond donors (Lipinski definition) is 4. The Kier molecular flexibility index (Phi) is 8.69. The van der Waals surface area contributed by atoms with E-state index in [0.29, 0.717) is 11.1 Å². The monoisotopic (exact) mass is 518 g/mol. The van der Waals surface area contributed by atoms with Crippen LogP contribution in [0.2, 0.25) is 0 Å². The summed E-state index contributed by atoms with van der Waals surface area (Å²) in [5.74, 6) is -3.52. The highest BCUT2D eigenvalue weighted by atomic mass is 32.2. The summed E-state index contributed by atoms with van der Waals surface area (Å²) in [5.41, 5.74) is 0.612. The predicted octanol–water partition coefficient (Wildman–Crippen LogP) is -0.112. The number of sulfone groups is 1. The van der Waals surface area contributed by atoms with Gasteiger partial charge in [-0.15, -0.1) is 0 Å². The van der Waals surface area contributed by atoms with E-state index in [4.69, 9.17) is 14.2 Å². The number of carbonyl (C=O) groups is 1. The molecule has 4 N–H and O–H groups in total. The molecule has 1 unspecified atom stereocenters. The fourth-order valence-corrected chi connectivity index (χ4v) is 6.40. The molecule has 1 fully saturated rings. The molecule has 3 rings (SSSR count). The molecule has 0 saturated carbocycles. The molecule has 0 amide bonds. The molecule has 0 bridgehead atoms. The largest absolute Gasteiger partial charge is 0.463 e. The molecule has 0 radical (unpaired) electrons. The van der Waals surface area contributed by atoms with Crippen molar-refractivity contribution >= 4 is 15.8 Å². The molecule has 196 valence electrons. The summed E-state index contributed by atoms with van der Waals surface area (Å²) in [6, 6.07) is 3.77. The van der Waals surface area contributed by atoms with E-state index in [1.54, 1.807) is 13.8 Å². The lowest BCUT2D eigenvalue weighted by molar-refractivity contribution is -0.164. The first-order valence-corrected chi connectivity index (χ1v) is 13.0. The number of aliphatic hydroxyl groups excluding tert-OH is 4. The van der Waals surface area contributed by atoms with E-state index in [0.717, 1.165) is 6.07 Å². The molecule has 1 heterocycles. The number of hydrogen-bond acceptors (Lipinski definition) is 10. The van der Waals surface area contributed by atoms with Gasteiger partial charge in [-0.05, 0) is 49.6 Å². The summed E-state index contributed by atoms with van der Waals surface area (Å²) in [7, 11) is -3.98. The third-order valence-electron chi connectivity index (χ3n) is 6.21. The Bertz CT molecular complexity index is 1040. The Morgan fingerprint density at radius 3 is 2.31 bits per heavy atom. The topological polar surface area (TPSA) is 160 Å². The number of carbonyl (C=O) groups excluding carboxylic acids is 1. The standard InChI is InChI=1S/C23H31FO10S/c1-3-32-22(29)16-9-23(33-20(17(27)10-25)21(34-23)18(28)11-26)7-6-19(16)35(30,31)12-14-4-5-15(24)8-13(14)2/h4-5,8-9,17-21,25-28H,3,6-7,10-12H2,1-2H3/t17-,18-,19?,20-,21-/m1/s1. The third kappa shape index (κ3) is 5.91. The van der Waals surface area contributed by atoms with Crippen LogP contribution in [-0.2, 0) is 34.6 Å². The van der Waals surface area contributed by atoms with E-state index in [1.807, 2.05) is 0 Å². The lowest BCUT2D eigenvalue weighted by Crippen LogP contribution is -2.45. The Morgan fingerprint density at radius 1 is 1.20 bits per heavy atom. The molecule has 2 aliphatic rings. The minimum atomic E-state index is -3.98. The predicted molar refractivity (Wildman–Crippen MR) is 120 cm³/mol. The van der Waals surface area contributed by atoms with Crippen molar-refractivity contribution in [3.05, 3.63) is 46.8 Å². The van der Waals surface area contributed by atoms with Crippen molar-refractivity contribution in [1.29, 1.82) is 0 Å². The molecule has 5 atom stereocenters. The number of halogens is 1. The minimum Gasteiger partial charge on any atom is -0.463 e. The van der Waals surface area contributed by atoms with Crippen LogP contribution in [-0.4, -0.2) is 90.1 Å². The van der Waals surface area contributed by atoms with Crippen LogP contribution in [0.1, 0.15) is 30.9 Å². The second-order valence-corrected chi connectivity index (χ2v) is 10.9. The molecule has 1 spiro atoms. The first-order valence-electron chi connectivity index (χ1n) is 11.3. The third-order valence-corrected chi connectivity index (χ3v) is 8.28. The average molecular weight is 519 g/mol. The van der Waals surface area contributed by atoms with E-state index in [2.05, 4.69) is 0 Å². The van der Waals surface area contributed by atoms with Crippen molar-refractivity contribution < 1.29 is 52.2 Å². The van der Waals surface area contributed by atoms with E-state index >= 15 is 0 Å². The van der Waals surface area contributed by atoms with E-state index in [1.165, 1.54) is 18.2 Å². The van der Waals surface area contributed by atoms with Crippen LogP contribution in [0.15, 0.2) is 29.8 Å². The number of aliphatic hydroxyl groups is 4. The Morgan fingerprint density at radius 2 is 1.80 bits per heavy atom. The maximum atomic E-state index is 13.5. The lowest BCUT2D eigenvalue weighted by atomic mass is 9.94. The summed E-state index contributed by atoms with van der Waals surface area (Å²) in [4.78, 5) is 12.8. The SMILES string of the molecule is CCOC(=O)C1=CC2(CCC1S(=O)(=O)Cc1ccc(F)cc1C)O[C@H]([C@H](O)CO)[C@@H]([C@H](O)CO)O2. The molecule has 35 heavy (non-hydrogen) atoms. The molecular weight excluding hydrogens is 487 g/mol. The minimum absolute atomic E-state index is 0.0214. The van der Waals surface area contributed by atoms with Crippen LogP contribution in [0.3, 0.4) is 0 Å². The fourth-order valence-electron chi connectivity index (χ4n) is 4.42. The highest BCUT2D eigenvalue weighted by molar-refractivity contribution is 7.91. The first kappa shape index (κ1) is 27.7. The first-order chi connectivity index (χ1) is 16.5. The van der Waals surface area contributed by atoms with Crippen LogP contribution in [0.4, 0.5) is 4.39 Å². The van der Waals surface area contributed by atoms with Gasteiger partial charge in [0.05, 0.1) is 36.4 Å². The number of esters is 1. The van der Waals surface area contributed by atoms with Crippen LogP contribution in [0.5, 0.6) is 0 Å². The highest BCUT2D eigenvalue weighted by Crippen LogP contribution is 2.43. The van der Waals surface area contributed by atoms with Gasteiger partial charge in [0.2, 0.25) is 0 Å². The Balaban J connectivity index is 1.98. The van der Waals surface area contributed by atoms with Crippen molar-refractivity contribution in [3.63, 3.8) is 0 Å². The van der Waals surface area contributed by atoms with Crippen molar-refractivity contribution in [2.45, 2.75) is 67.9 Å². The van der Waals surface area contributed by atoms with Gasteiger partial charge < -0.3 is 34.6 Å². The van der Waals surface area contributed by atoms with Crippen LogP contribution in [0, 0.1) is 12.7 Å². The summed E-state index contributed by atoms with van der Waals surface area (Å²) in [6.45, 7) is 1.69. The lowest BCUT2D eigenvalue weighted by Gasteiger charge is -2.34. The van der Waals surface area contributed by atoms with E-state index in [9.17, 15) is 38.0 Å². The molecular formula is C23H31FO10S. The zero-order chi connectivity index (χ0) is 26.0. The van der Waals surface area contributed by atoms with Gasteiger partial charge in [-0.25, -0.2) is 17.6 Å². The van der Waals surface area contributed by atoms with Gasteiger partial charge in [0.15, 0.2) is 15.6 Å². The zero-order valence-corrected chi connectivity index (χ0v) is 20.3. The molecule has 1 aliphatic heterocycles. The smallest absolute Gasteiger partial charge is 0.335 e. The fraction of sp³-hybridized carbons (Fsp3) is 0.609. The van der Waals surface area contributed by atoms with Gasteiger partial charge in [-0.2, -0.15) is 0 Å². The molecule has 1 aromatic rings. The second-order valence-electron chi connectivity index (χ2n) is 8.70. The quantitative estimate of drug-likeness (QED) is 0.325. The van der Waals surface area contributed by atoms with Gasteiger partial charge in [0, 0.05) is 6.42 Å². The highest BCUT2D eigenvalue weighted by Gasteiger charge is 2.54. The van der Waals surface area contributed by atoms with Crippen molar-refractivity contribution in [3.8, 4) is 0 Å². The Labute approximate surface area is 202 Å². The zero-order valence-electron chi connectivity index (χ0n) is 19.5. The van der Waals surface area contributed by atoms with Crippen molar-refractivity contribution in [2.24, 2.45) is 0 Å². The van der Waals surface area contributed by atoms with Crippen LogP contribution < -0.4 is 0 Å². The van der Waals surface area contributed by atoms with Crippen LogP contribution >= 0.6 is 0 Å². The van der Waals surface area contributed by atoms with Crippen LogP contribution in [0.25, 0.3) is 0 Å². The van der Waals surface area contributed by atoms with Gasteiger partial charge in [0.1, 0.15) is 30.2 Å². The molecule has 0 aromatic heterocycles. The van der Waals surface area contributed by atoms with E-state index < -0.39 is 76.0 Å². The van der Waals surface area contributed by atoms with Gasteiger partial charge in [-0.3, -0.25) is 0 Å². The molecule has 12 heteroatoms.